The lowest BCUT2D eigenvalue weighted by Crippen LogP contribution is -2.44. The summed E-state index contributed by atoms with van der Waals surface area (Å²) >= 11 is 0. The summed E-state index contributed by atoms with van der Waals surface area (Å²) < 4.78 is 2.15. The minimum absolute atomic E-state index is 0.169. The molecule has 1 heterocycles. The average molecular weight is 283 g/mol. The van der Waals surface area contributed by atoms with Crippen LogP contribution in [0.25, 0.3) is 22.3 Å². The molecule has 5 nitrogen and oxygen atoms in total. The van der Waals surface area contributed by atoms with Gasteiger partial charge < -0.3 is 4.84 Å². The molecule has 1 N–H and O–H groups in total. The maximum Gasteiger partial charge on any atom is 0.361 e. The minimum Gasteiger partial charge on any atom is -0.410 e. The van der Waals surface area contributed by atoms with Crippen molar-refractivity contribution in [1.29, 1.82) is 0 Å². The molecular formula is C16H15N2O3+. The summed E-state index contributed by atoms with van der Waals surface area (Å²) in [6, 6.07) is 16.1. The Hall–Kier alpha value is -2.82. The van der Waals surface area contributed by atoms with Gasteiger partial charge in [0.1, 0.15) is 6.61 Å². The van der Waals surface area contributed by atoms with Gasteiger partial charge in [0.2, 0.25) is 0 Å². The molecule has 0 saturated carbocycles. The van der Waals surface area contributed by atoms with Crippen molar-refractivity contribution >= 4 is 11.0 Å². The van der Waals surface area contributed by atoms with Crippen LogP contribution < -0.4 is 15.1 Å². The van der Waals surface area contributed by atoms with Crippen LogP contribution in [0, 0.1) is 0 Å². The highest BCUT2D eigenvalue weighted by molar-refractivity contribution is 5.72. The van der Waals surface area contributed by atoms with Gasteiger partial charge in [-0.15, -0.1) is 4.73 Å². The molecule has 0 aliphatic rings. The number of hydrogen-bond donors (Lipinski definition) is 1. The summed E-state index contributed by atoms with van der Waals surface area (Å²) in [6.07, 6.45) is 0. The standard InChI is InChI=1S/C16H15N2O3/c1-2-21-18-14-11-7-6-10-13(14)17(20)15(16(18)19)12-8-4-3-5-9-12/h3-11,20H,2H2,1H3/q+1. The van der Waals surface area contributed by atoms with Crippen LogP contribution in [-0.2, 0) is 0 Å². The smallest absolute Gasteiger partial charge is 0.361 e. The Morgan fingerprint density at radius 3 is 2.48 bits per heavy atom. The molecule has 0 bridgehead atoms. The van der Waals surface area contributed by atoms with Crippen LogP contribution in [-0.4, -0.2) is 16.5 Å². The van der Waals surface area contributed by atoms with E-state index >= 15 is 0 Å². The van der Waals surface area contributed by atoms with E-state index in [2.05, 4.69) is 0 Å². The second-order valence-corrected chi connectivity index (χ2v) is 4.53. The normalized spacial score (nSPS) is 10.7. The van der Waals surface area contributed by atoms with Crippen LogP contribution in [0.1, 0.15) is 6.92 Å². The Balaban J connectivity index is 2.43. The fourth-order valence-electron chi connectivity index (χ4n) is 2.33. The van der Waals surface area contributed by atoms with Crippen molar-refractivity contribution < 1.29 is 14.8 Å². The molecule has 0 aliphatic heterocycles. The highest BCUT2D eigenvalue weighted by Gasteiger charge is 2.26. The van der Waals surface area contributed by atoms with Gasteiger partial charge in [-0.3, -0.25) is 10.0 Å². The van der Waals surface area contributed by atoms with E-state index in [0.29, 0.717) is 23.2 Å². The van der Waals surface area contributed by atoms with Crippen molar-refractivity contribution in [1.82, 2.24) is 4.73 Å². The molecule has 0 spiro atoms. The van der Waals surface area contributed by atoms with E-state index in [-0.39, 0.29) is 5.69 Å². The Labute approximate surface area is 121 Å². The molecule has 5 heteroatoms. The molecule has 21 heavy (non-hydrogen) atoms. The number of fused-ring (bicyclic) bond motifs is 1. The fraction of sp³-hybridized carbons (Fsp3) is 0.125. The molecule has 0 aliphatic carbocycles. The molecule has 0 unspecified atom stereocenters. The molecule has 0 atom stereocenters. The molecule has 106 valence electrons. The predicted molar refractivity (Wildman–Crippen MR) is 78.1 cm³/mol. The molecule has 0 amide bonds. The van der Waals surface area contributed by atoms with Gasteiger partial charge in [-0.25, -0.2) is 0 Å². The lowest BCUT2D eigenvalue weighted by molar-refractivity contribution is -0.876. The SMILES string of the molecule is CCOn1c(=O)c(-c2ccccc2)[n+](O)c2ccccc21. The second-order valence-electron chi connectivity index (χ2n) is 4.53. The highest BCUT2D eigenvalue weighted by atomic mass is 16.7. The summed E-state index contributed by atoms with van der Waals surface area (Å²) in [4.78, 5) is 18.1. The number of rotatable bonds is 3. The molecule has 0 fully saturated rings. The highest BCUT2D eigenvalue weighted by Crippen LogP contribution is 2.14. The van der Waals surface area contributed by atoms with Gasteiger partial charge in [-0.2, -0.15) is 0 Å². The topological polar surface area (TPSA) is 55.3 Å². The number of hydrogen-bond acceptors (Lipinski definition) is 3. The monoisotopic (exact) mass is 283 g/mol. The third-order valence-electron chi connectivity index (χ3n) is 3.23. The van der Waals surface area contributed by atoms with Crippen molar-refractivity contribution in [3.05, 3.63) is 65.0 Å². The van der Waals surface area contributed by atoms with Gasteiger partial charge >= 0.3 is 11.3 Å². The Bertz CT molecular complexity index is 841. The second kappa shape index (κ2) is 5.28. The van der Waals surface area contributed by atoms with E-state index in [4.69, 9.17) is 4.84 Å². The maximum atomic E-state index is 12.7. The van der Waals surface area contributed by atoms with Gasteiger partial charge in [-0.1, -0.05) is 30.3 Å². The zero-order valence-corrected chi connectivity index (χ0v) is 11.6. The van der Waals surface area contributed by atoms with Gasteiger partial charge in [-0.05, 0) is 25.1 Å². The van der Waals surface area contributed by atoms with Crippen molar-refractivity contribution in [2.24, 2.45) is 0 Å². The summed E-state index contributed by atoms with van der Waals surface area (Å²) in [5, 5.41) is 10.4. The molecule has 1 aromatic heterocycles. The largest absolute Gasteiger partial charge is 0.410 e. The number of aromatic nitrogens is 2. The van der Waals surface area contributed by atoms with E-state index in [0.717, 1.165) is 4.73 Å². The molecular weight excluding hydrogens is 268 g/mol. The lowest BCUT2D eigenvalue weighted by Gasteiger charge is -2.09. The van der Waals surface area contributed by atoms with Crippen LogP contribution in [0.5, 0.6) is 0 Å². The fourth-order valence-corrected chi connectivity index (χ4v) is 2.33. The summed E-state index contributed by atoms with van der Waals surface area (Å²) in [6.45, 7) is 2.16. The van der Waals surface area contributed by atoms with Crippen molar-refractivity contribution in [2.75, 3.05) is 6.61 Å². The van der Waals surface area contributed by atoms with Crippen LogP contribution in [0.4, 0.5) is 0 Å². The van der Waals surface area contributed by atoms with Gasteiger partial charge in [0.25, 0.3) is 5.52 Å². The maximum absolute atomic E-state index is 12.7. The van der Waals surface area contributed by atoms with Crippen LogP contribution >= 0.6 is 0 Å². The zero-order chi connectivity index (χ0) is 14.8. The third kappa shape index (κ3) is 2.12. The predicted octanol–water partition coefficient (Wildman–Crippen LogP) is 1.64. The molecule has 2 aromatic carbocycles. The number of para-hydroxylation sites is 2. The van der Waals surface area contributed by atoms with E-state index < -0.39 is 5.56 Å². The summed E-state index contributed by atoms with van der Waals surface area (Å²) in [5.41, 5.74) is 1.42. The first-order valence-electron chi connectivity index (χ1n) is 6.71. The Morgan fingerprint density at radius 2 is 1.76 bits per heavy atom. The first-order valence-corrected chi connectivity index (χ1v) is 6.71. The first-order chi connectivity index (χ1) is 10.2. The van der Waals surface area contributed by atoms with Crippen LogP contribution in [0.3, 0.4) is 0 Å². The van der Waals surface area contributed by atoms with Crippen molar-refractivity contribution in [3.8, 4) is 11.3 Å². The van der Waals surface area contributed by atoms with E-state index in [1.54, 1.807) is 36.4 Å². The Morgan fingerprint density at radius 1 is 1.10 bits per heavy atom. The first kappa shape index (κ1) is 13.2. The van der Waals surface area contributed by atoms with Gasteiger partial charge in [0.15, 0.2) is 5.52 Å². The summed E-state index contributed by atoms with van der Waals surface area (Å²) in [5.74, 6) is 0. The van der Waals surface area contributed by atoms with Gasteiger partial charge in [0.05, 0.1) is 5.56 Å². The van der Waals surface area contributed by atoms with Crippen molar-refractivity contribution in [3.63, 3.8) is 0 Å². The van der Waals surface area contributed by atoms with E-state index in [9.17, 15) is 10.0 Å². The number of benzene rings is 2. The third-order valence-corrected chi connectivity index (χ3v) is 3.23. The summed E-state index contributed by atoms with van der Waals surface area (Å²) in [7, 11) is 0. The van der Waals surface area contributed by atoms with Gasteiger partial charge in [0, 0.05) is 10.8 Å². The molecule has 3 rings (SSSR count). The van der Waals surface area contributed by atoms with Crippen LogP contribution in [0.2, 0.25) is 0 Å². The number of nitrogens with zero attached hydrogens (tertiary/aromatic N) is 2. The van der Waals surface area contributed by atoms with Crippen molar-refractivity contribution in [2.45, 2.75) is 6.92 Å². The van der Waals surface area contributed by atoms with E-state index in [1.165, 1.54) is 4.73 Å². The molecule has 3 aromatic rings. The zero-order valence-electron chi connectivity index (χ0n) is 11.6. The average Bonchev–Trinajstić information content (AvgIpc) is 2.53. The quantitative estimate of drug-likeness (QED) is 0.587. The molecule has 0 saturated heterocycles. The van der Waals surface area contributed by atoms with E-state index in [1.807, 2.05) is 25.1 Å². The Kier molecular flexibility index (Phi) is 3.31. The van der Waals surface area contributed by atoms with Crippen LogP contribution in [0.15, 0.2) is 59.4 Å². The minimum atomic E-state index is -0.399. The molecule has 0 radical (unpaired) electrons. The lowest BCUT2D eigenvalue weighted by atomic mass is 10.1.